The Labute approximate surface area is 139 Å². The van der Waals surface area contributed by atoms with Gasteiger partial charge in [0.25, 0.3) is 0 Å². The quantitative estimate of drug-likeness (QED) is 0.685. The van der Waals surface area contributed by atoms with Gasteiger partial charge in [-0.1, -0.05) is 6.07 Å². The molecule has 24 heavy (non-hydrogen) atoms. The molecule has 122 valence electrons. The normalized spacial score (nSPS) is 10.5. The summed E-state index contributed by atoms with van der Waals surface area (Å²) in [5, 5.41) is 1.81. The second kappa shape index (κ2) is 6.58. The van der Waals surface area contributed by atoms with Gasteiger partial charge in [-0.15, -0.1) is 0 Å². The molecule has 5 nitrogen and oxygen atoms in total. The highest BCUT2D eigenvalue weighted by Crippen LogP contribution is 2.38. The molecule has 0 bridgehead atoms. The maximum absolute atomic E-state index is 12.2. The average Bonchev–Trinajstić information content (AvgIpc) is 2.65. The number of benzene rings is 2. The summed E-state index contributed by atoms with van der Waals surface area (Å²) in [6.07, 6.45) is 3.38. The number of esters is 1. The van der Waals surface area contributed by atoms with Crippen molar-refractivity contribution in [1.29, 1.82) is 0 Å². The molecule has 0 spiro atoms. The molecule has 2 aromatic carbocycles. The molecule has 0 aliphatic carbocycles. The Hall–Kier alpha value is -3.08. The summed E-state index contributed by atoms with van der Waals surface area (Å²) in [6.45, 7) is 0. The first-order valence-corrected chi connectivity index (χ1v) is 7.37. The molecule has 0 amide bonds. The molecule has 0 aliphatic heterocycles. The lowest BCUT2D eigenvalue weighted by molar-refractivity contribution is 0.0602. The van der Waals surface area contributed by atoms with Gasteiger partial charge in [0.1, 0.15) is 0 Å². The van der Waals surface area contributed by atoms with Crippen molar-refractivity contribution < 1.29 is 19.0 Å². The minimum absolute atomic E-state index is 0.390. The number of aromatic nitrogens is 1. The summed E-state index contributed by atoms with van der Waals surface area (Å²) in [5.41, 5.74) is 2.15. The Kier molecular flexibility index (Phi) is 4.33. The third-order valence-electron chi connectivity index (χ3n) is 3.90. The van der Waals surface area contributed by atoms with Crippen LogP contribution in [0.2, 0.25) is 0 Å². The fourth-order valence-corrected chi connectivity index (χ4v) is 2.76. The van der Waals surface area contributed by atoms with E-state index in [9.17, 15) is 4.79 Å². The van der Waals surface area contributed by atoms with Crippen LogP contribution in [0.3, 0.4) is 0 Å². The van der Waals surface area contributed by atoms with E-state index in [1.54, 1.807) is 32.7 Å². The van der Waals surface area contributed by atoms with Gasteiger partial charge in [-0.3, -0.25) is 4.98 Å². The Balaban J connectivity index is 2.40. The summed E-state index contributed by atoms with van der Waals surface area (Å²) in [4.78, 5) is 16.3. The molecule has 0 radical (unpaired) electrons. The van der Waals surface area contributed by atoms with Crippen LogP contribution >= 0.6 is 0 Å². The van der Waals surface area contributed by atoms with Crippen LogP contribution in [0.15, 0.2) is 48.8 Å². The summed E-state index contributed by atoms with van der Waals surface area (Å²) in [5.74, 6) is 0.845. The zero-order valence-electron chi connectivity index (χ0n) is 13.7. The highest BCUT2D eigenvalue weighted by molar-refractivity contribution is 6.08. The molecule has 3 rings (SSSR count). The van der Waals surface area contributed by atoms with Crippen molar-refractivity contribution in [3.05, 3.63) is 54.4 Å². The van der Waals surface area contributed by atoms with Crippen molar-refractivity contribution in [3.8, 4) is 22.6 Å². The van der Waals surface area contributed by atoms with E-state index in [4.69, 9.17) is 14.2 Å². The lowest BCUT2D eigenvalue weighted by Gasteiger charge is -2.15. The topological polar surface area (TPSA) is 57.7 Å². The lowest BCUT2D eigenvalue weighted by atomic mass is 9.93. The van der Waals surface area contributed by atoms with E-state index in [1.807, 2.05) is 30.3 Å². The molecule has 1 aromatic heterocycles. The molecular weight excluding hydrogens is 306 g/mol. The van der Waals surface area contributed by atoms with E-state index in [0.717, 1.165) is 21.9 Å². The second-order valence-corrected chi connectivity index (χ2v) is 5.14. The van der Waals surface area contributed by atoms with Crippen molar-refractivity contribution in [1.82, 2.24) is 4.98 Å². The fraction of sp³-hybridized carbons (Fsp3) is 0.158. The maximum atomic E-state index is 12.2. The smallest absolute Gasteiger partial charge is 0.338 e. The van der Waals surface area contributed by atoms with Crippen LogP contribution in [-0.2, 0) is 4.74 Å². The number of carbonyl (C=O) groups is 1. The minimum atomic E-state index is -0.390. The third kappa shape index (κ3) is 2.65. The zero-order chi connectivity index (χ0) is 17.1. The van der Waals surface area contributed by atoms with E-state index in [1.165, 1.54) is 7.11 Å². The van der Waals surface area contributed by atoms with Crippen molar-refractivity contribution >= 4 is 16.7 Å². The molecule has 3 aromatic rings. The third-order valence-corrected chi connectivity index (χ3v) is 3.90. The van der Waals surface area contributed by atoms with Crippen LogP contribution < -0.4 is 9.47 Å². The predicted molar refractivity (Wildman–Crippen MR) is 91.6 cm³/mol. The first-order valence-electron chi connectivity index (χ1n) is 7.37. The van der Waals surface area contributed by atoms with Crippen molar-refractivity contribution in [2.45, 2.75) is 0 Å². The number of hydrogen-bond donors (Lipinski definition) is 0. The summed E-state index contributed by atoms with van der Waals surface area (Å²) < 4.78 is 15.7. The largest absolute Gasteiger partial charge is 0.493 e. The second-order valence-electron chi connectivity index (χ2n) is 5.14. The molecule has 0 N–H and O–H groups in total. The van der Waals surface area contributed by atoms with Gasteiger partial charge < -0.3 is 14.2 Å². The van der Waals surface area contributed by atoms with Gasteiger partial charge in [0.2, 0.25) is 0 Å². The number of pyridine rings is 1. The molecule has 0 unspecified atom stereocenters. The lowest BCUT2D eigenvalue weighted by Crippen LogP contribution is -2.04. The molecule has 0 saturated carbocycles. The Morgan fingerprint density at radius 2 is 1.58 bits per heavy atom. The summed E-state index contributed by atoms with van der Waals surface area (Å²) in [6, 6.07) is 11.1. The van der Waals surface area contributed by atoms with Gasteiger partial charge in [0.15, 0.2) is 11.5 Å². The average molecular weight is 323 g/mol. The van der Waals surface area contributed by atoms with Gasteiger partial charge in [-0.25, -0.2) is 4.79 Å². The standard InChI is InChI=1S/C19H17NO4/c1-22-16-10-13-4-5-14(19(21)24-3)18(12-6-8-20-9-7-12)15(13)11-17(16)23-2/h4-11H,1-3H3. The summed E-state index contributed by atoms with van der Waals surface area (Å²) >= 11 is 0. The Bertz CT molecular complexity index is 891. The number of ether oxygens (including phenoxy) is 3. The highest BCUT2D eigenvalue weighted by Gasteiger charge is 2.18. The SMILES string of the molecule is COC(=O)c1ccc2cc(OC)c(OC)cc2c1-c1ccncc1. The maximum Gasteiger partial charge on any atom is 0.338 e. The van der Waals surface area contributed by atoms with Crippen LogP contribution in [0.4, 0.5) is 0 Å². The number of rotatable bonds is 4. The molecule has 5 heteroatoms. The van der Waals surface area contributed by atoms with E-state index >= 15 is 0 Å². The monoisotopic (exact) mass is 323 g/mol. The van der Waals surface area contributed by atoms with Crippen LogP contribution in [0.1, 0.15) is 10.4 Å². The van der Waals surface area contributed by atoms with E-state index in [2.05, 4.69) is 4.98 Å². The van der Waals surface area contributed by atoms with Crippen LogP contribution in [0.25, 0.3) is 21.9 Å². The highest BCUT2D eigenvalue weighted by atomic mass is 16.5. The molecule has 0 fully saturated rings. The van der Waals surface area contributed by atoms with Gasteiger partial charge in [0, 0.05) is 18.0 Å². The number of fused-ring (bicyclic) bond motifs is 1. The van der Waals surface area contributed by atoms with Gasteiger partial charge >= 0.3 is 5.97 Å². The van der Waals surface area contributed by atoms with E-state index in [0.29, 0.717) is 17.1 Å². The minimum Gasteiger partial charge on any atom is -0.493 e. The Morgan fingerprint density at radius 3 is 2.21 bits per heavy atom. The first kappa shape index (κ1) is 15.8. The molecular formula is C19H17NO4. The first-order chi connectivity index (χ1) is 11.7. The van der Waals surface area contributed by atoms with Gasteiger partial charge in [-0.05, 0) is 46.7 Å². The fourth-order valence-electron chi connectivity index (χ4n) is 2.76. The number of hydrogen-bond acceptors (Lipinski definition) is 5. The summed E-state index contributed by atoms with van der Waals surface area (Å²) in [7, 11) is 4.55. The zero-order valence-corrected chi connectivity index (χ0v) is 13.7. The molecule has 1 heterocycles. The van der Waals surface area contributed by atoms with Crippen molar-refractivity contribution in [2.24, 2.45) is 0 Å². The Morgan fingerprint density at radius 1 is 0.917 bits per heavy atom. The van der Waals surface area contributed by atoms with Crippen molar-refractivity contribution in [3.63, 3.8) is 0 Å². The van der Waals surface area contributed by atoms with Gasteiger partial charge in [0.05, 0.1) is 26.9 Å². The van der Waals surface area contributed by atoms with E-state index < -0.39 is 5.97 Å². The van der Waals surface area contributed by atoms with E-state index in [-0.39, 0.29) is 0 Å². The van der Waals surface area contributed by atoms with Gasteiger partial charge in [-0.2, -0.15) is 0 Å². The number of carbonyl (C=O) groups excluding carboxylic acids is 1. The molecule has 0 aliphatic rings. The molecule has 0 saturated heterocycles. The predicted octanol–water partition coefficient (Wildman–Crippen LogP) is 3.71. The molecule has 0 atom stereocenters. The number of methoxy groups -OCH3 is 3. The number of nitrogens with zero attached hydrogens (tertiary/aromatic N) is 1. The van der Waals surface area contributed by atoms with Crippen LogP contribution in [0, 0.1) is 0 Å². The van der Waals surface area contributed by atoms with Crippen LogP contribution in [0.5, 0.6) is 11.5 Å². The van der Waals surface area contributed by atoms with Crippen LogP contribution in [-0.4, -0.2) is 32.3 Å². The van der Waals surface area contributed by atoms with Crippen molar-refractivity contribution in [2.75, 3.05) is 21.3 Å².